The van der Waals surface area contributed by atoms with Crippen LogP contribution in [-0.2, 0) is 0 Å². The first kappa shape index (κ1) is 6.86. The second-order valence-corrected chi connectivity index (χ2v) is 2.13. The number of carbonyl (C=O) groups is 1. The van der Waals surface area contributed by atoms with Crippen LogP contribution in [0.3, 0.4) is 0 Å². The Labute approximate surface area is 58.3 Å². The molecule has 0 spiro atoms. The quantitative estimate of drug-likeness (QED) is 0.601. The van der Waals surface area contributed by atoms with Gasteiger partial charge < -0.3 is 9.52 Å². The maximum Gasteiger partial charge on any atom is 0.195 e. The maximum atomic E-state index is 10.7. The van der Waals surface area contributed by atoms with Crippen LogP contribution in [0.5, 0.6) is 5.75 Å². The number of ketones is 1. The van der Waals surface area contributed by atoms with Gasteiger partial charge in [-0.2, -0.15) is 0 Å². The molecule has 0 saturated carbocycles. The summed E-state index contributed by atoms with van der Waals surface area (Å²) in [6, 6.07) is 0. The van der Waals surface area contributed by atoms with Crippen LogP contribution >= 0.6 is 0 Å². The zero-order chi connectivity index (χ0) is 7.72. The van der Waals surface area contributed by atoms with Gasteiger partial charge >= 0.3 is 0 Å². The molecular formula is C7H8O3. The maximum absolute atomic E-state index is 10.7. The van der Waals surface area contributed by atoms with Crippen molar-refractivity contribution in [3.63, 3.8) is 0 Å². The van der Waals surface area contributed by atoms with E-state index in [0.717, 1.165) is 6.26 Å². The lowest BCUT2D eigenvalue weighted by Crippen LogP contribution is -1.90. The average molecular weight is 140 g/mol. The summed E-state index contributed by atoms with van der Waals surface area (Å²) in [5, 5.41) is 8.94. The van der Waals surface area contributed by atoms with Gasteiger partial charge in [-0.05, 0) is 6.92 Å². The van der Waals surface area contributed by atoms with Crippen LogP contribution in [-0.4, -0.2) is 10.9 Å². The van der Waals surface area contributed by atoms with Gasteiger partial charge in [0.05, 0.1) is 0 Å². The number of hydrogen-bond acceptors (Lipinski definition) is 3. The van der Waals surface area contributed by atoms with Gasteiger partial charge in [-0.15, -0.1) is 0 Å². The zero-order valence-corrected chi connectivity index (χ0v) is 5.84. The number of Topliss-reactive ketones (excluding diaryl/α,β-unsaturated/α-hetero) is 1. The fourth-order valence-corrected chi connectivity index (χ4v) is 0.755. The molecule has 0 aliphatic heterocycles. The first-order chi connectivity index (χ1) is 4.63. The lowest BCUT2D eigenvalue weighted by Gasteiger charge is -1.88. The van der Waals surface area contributed by atoms with Gasteiger partial charge in [0, 0.05) is 12.5 Å². The molecule has 0 aliphatic rings. The summed E-state index contributed by atoms with van der Waals surface area (Å²) >= 11 is 0. The number of hydrogen-bond donors (Lipinski definition) is 1. The first-order valence-electron chi connectivity index (χ1n) is 2.91. The number of aromatic hydroxyl groups is 1. The monoisotopic (exact) mass is 140 g/mol. The standard InChI is InChI=1S/C7H8O3/c1-4-6(9)3-10-7(4)5(2)8/h3,9H,1-2H3. The van der Waals surface area contributed by atoms with E-state index in [1.54, 1.807) is 6.92 Å². The van der Waals surface area contributed by atoms with Gasteiger partial charge in [-0.3, -0.25) is 4.79 Å². The van der Waals surface area contributed by atoms with Crippen molar-refractivity contribution < 1.29 is 14.3 Å². The molecule has 0 atom stereocenters. The number of furan rings is 1. The van der Waals surface area contributed by atoms with E-state index in [0.29, 0.717) is 5.56 Å². The van der Waals surface area contributed by atoms with Crippen LogP contribution in [0.4, 0.5) is 0 Å². The lowest BCUT2D eigenvalue weighted by molar-refractivity contribution is 0.0986. The molecular weight excluding hydrogens is 132 g/mol. The molecule has 0 bridgehead atoms. The summed E-state index contributed by atoms with van der Waals surface area (Å²) < 4.78 is 4.76. The van der Waals surface area contributed by atoms with Crippen LogP contribution in [0.1, 0.15) is 23.0 Å². The molecule has 0 unspecified atom stereocenters. The van der Waals surface area contributed by atoms with Crippen molar-refractivity contribution >= 4 is 5.78 Å². The third-order valence-electron chi connectivity index (χ3n) is 1.33. The summed E-state index contributed by atoms with van der Waals surface area (Å²) in [6.07, 6.45) is 1.16. The smallest absolute Gasteiger partial charge is 0.195 e. The minimum absolute atomic E-state index is 0.0326. The van der Waals surface area contributed by atoms with E-state index >= 15 is 0 Å². The summed E-state index contributed by atoms with van der Waals surface area (Å²) in [5.41, 5.74) is 0.507. The second kappa shape index (κ2) is 2.17. The average Bonchev–Trinajstić information content (AvgIpc) is 2.14. The highest BCUT2D eigenvalue weighted by molar-refractivity contribution is 5.93. The first-order valence-corrected chi connectivity index (χ1v) is 2.91. The predicted molar refractivity (Wildman–Crippen MR) is 35.1 cm³/mol. The molecule has 1 heterocycles. The van der Waals surface area contributed by atoms with E-state index in [-0.39, 0.29) is 17.3 Å². The summed E-state index contributed by atoms with van der Waals surface area (Å²) in [4.78, 5) is 10.7. The molecule has 1 N–H and O–H groups in total. The Balaban J connectivity index is 3.17. The van der Waals surface area contributed by atoms with Gasteiger partial charge in [-0.25, -0.2) is 0 Å². The third kappa shape index (κ3) is 0.900. The molecule has 0 amide bonds. The molecule has 1 aromatic rings. The summed E-state index contributed by atoms with van der Waals surface area (Å²) in [5.74, 6) is 0.0977. The van der Waals surface area contributed by atoms with E-state index < -0.39 is 0 Å². The fourth-order valence-electron chi connectivity index (χ4n) is 0.755. The van der Waals surface area contributed by atoms with E-state index in [2.05, 4.69) is 0 Å². The van der Waals surface area contributed by atoms with Crippen LogP contribution in [0.2, 0.25) is 0 Å². The number of rotatable bonds is 1. The van der Waals surface area contributed by atoms with Crippen molar-refractivity contribution in [2.75, 3.05) is 0 Å². The summed E-state index contributed by atoms with van der Waals surface area (Å²) in [7, 11) is 0. The molecule has 1 rings (SSSR count). The van der Waals surface area contributed by atoms with Crippen LogP contribution in [0, 0.1) is 6.92 Å². The van der Waals surface area contributed by atoms with Gasteiger partial charge in [0.2, 0.25) is 0 Å². The van der Waals surface area contributed by atoms with Crippen molar-refractivity contribution in [1.82, 2.24) is 0 Å². The Hall–Kier alpha value is -1.25. The molecule has 3 nitrogen and oxygen atoms in total. The third-order valence-corrected chi connectivity index (χ3v) is 1.33. The molecule has 10 heavy (non-hydrogen) atoms. The van der Waals surface area contributed by atoms with Gasteiger partial charge in [0.1, 0.15) is 6.26 Å². The highest BCUT2D eigenvalue weighted by Gasteiger charge is 2.11. The Bertz CT molecular complexity index is 260. The van der Waals surface area contributed by atoms with E-state index in [1.165, 1.54) is 6.92 Å². The minimum Gasteiger partial charge on any atom is -0.504 e. The predicted octanol–water partition coefficient (Wildman–Crippen LogP) is 1.50. The Kier molecular flexibility index (Phi) is 1.49. The van der Waals surface area contributed by atoms with Crippen LogP contribution in [0.15, 0.2) is 10.7 Å². The van der Waals surface area contributed by atoms with Crippen LogP contribution < -0.4 is 0 Å². The topological polar surface area (TPSA) is 50.4 Å². The summed E-state index contributed by atoms with van der Waals surface area (Å²) in [6.45, 7) is 3.03. The van der Waals surface area contributed by atoms with E-state index in [4.69, 9.17) is 9.52 Å². The molecule has 54 valence electrons. The van der Waals surface area contributed by atoms with Crippen molar-refractivity contribution in [2.24, 2.45) is 0 Å². The zero-order valence-electron chi connectivity index (χ0n) is 5.84. The van der Waals surface area contributed by atoms with Gasteiger partial charge in [-0.1, -0.05) is 0 Å². The molecule has 1 aromatic heterocycles. The minimum atomic E-state index is -0.169. The Morgan fingerprint density at radius 1 is 1.70 bits per heavy atom. The lowest BCUT2D eigenvalue weighted by atomic mass is 10.2. The van der Waals surface area contributed by atoms with E-state index in [1.807, 2.05) is 0 Å². The second-order valence-electron chi connectivity index (χ2n) is 2.13. The SMILES string of the molecule is CC(=O)c1occ(O)c1C. The molecule has 0 fully saturated rings. The normalized spacial score (nSPS) is 9.80. The van der Waals surface area contributed by atoms with Crippen LogP contribution in [0.25, 0.3) is 0 Å². The van der Waals surface area contributed by atoms with Crippen molar-refractivity contribution in [3.05, 3.63) is 17.6 Å². The Morgan fingerprint density at radius 2 is 2.30 bits per heavy atom. The largest absolute Gasteiger partial charge is 0.504 e. The molecule has 0 saturated heterocycles. The van der Waals surface area contributed by atoms with Gasteiger partial charge in [0.25, 0.3) is 0 Å². The van der Waals surface area contributed by atoms with E-state index in [9.17, 15) is 4.79 Å². The van der Waals surface area contributed by atoms with Crippen molar-refractivity contribution in [2.45, 2.75) is 13.8 Å². The Morgan fingerprint density at radius 3 is 2.50 bits per heavy atom. The van der Waals surface area contributed by atoms with Crippen molar-refractivity contribution in [1.29, 1.82) is 0 Å². The number of carbonyl (C=O) groups excluding carboxylic acids is 1. The fraction of sp³-hybridized carbons (Fsp3) is 0.286. The molecule has 3 heteroatoms. The molecule has 0 aromatic carbocycles. The molecule has 0 radical (unpaired) electrons. The van der Waals surface area contributed by atoms with Gasteiger partial charge in [0.15, 0.2) is 17.3 Å². The highest BCUT2D eigenvalue weighted by Crippen LogP contribution is 2.21. The molecule has 0 aliphatic carbocycles. The highest BCUT2D eigenvalue weighted by atomic mass is 16.4. The van der Waals surface area contributed by atoms with Crippen molar-refractivity contribution in [3.8, 4) is 5.75 Å².